The van der Waals surface area contributed by atoms with Gasteiger partial charge in [0.25, 0.3) is 0 Å². The molecule has 23 heavy (non-hydrogen) atoms. The van der Waals surface area contributed by atoms with Crippen molar-refractivity contribution in [3.63, 3.8) is 0 Å². The first-order chi connectivity index (χ1) is 10.6. The number of fused-ring (bicyclic) bond motifs is 3. The molecule has 2 aromatic carbocycles. The average molecular weight is 375 g/mol. The highest BCUT2D eigenvalue weighted by Gasteiger charge is 2.30. The van der Waals surface area contributed by atoms with Gasteiger partial charge in [-0.25, -0.2) is 0 Å². The van der Waals surface area contributed by atoms with Crippen molar-refractivity contribution in [3.05, 3.63) is 42.0 Å². The molecule has 0 saturated carbocycles. The highest BCUT2D eigenvalue weighted by molar-refractivity contribution is 5.96. The largest absolute Gasteiger partial charge is 1.00 e. The summed E-state index contributed by atoms with van der Waals surface area (Å²) in [4.78, 5) is 0. The van der Waals surface area contributed by atoms with Crippen LogP contribution >= 0.6 is 0 Å². The number of phenolic OH excluding ortho intramolecular Hbond substituents is 2. The van der Waals surface area contributed by atoms with Gasteiger partial charge in [-0.3, -0.25) is 0 Å². The number of hydrogen-bond acceptors (Lipinski definition) is 2. The Morgan fingerprint density at radius 1 is 1.04 bits per heavy atom. The first kappa shape index (κ1) is 15.9. The fourth-order valence-corrected chi connectivity index (χ4v) is 3.48. The quantitative estimate of drug-likeness (QED) is 0.594. The van der Waals surface area contributed by atoms with Crippen molar-refractivity contribution in [1.29, 1.82) is 0 Å². The molecular formula is C18H19BrN2O2. The van der Waals surface area contributed by atoms with Crippen molar-refractivity contribution in [3.8, 4) is 22.8 Å². The number of aromatic nitrogens is 2. The third kappa shape index (κ3) is 2.49. The van der Waals surface area contributed by atoms with E-state index in [0.29, 0.717) is 5.75 Å². The zero-order chi connectivity index (χ0) is 15.3. The second-order valence-electron chi connectivity index (χ2n) is 6.03. The van der Waals surface area contributed by atoms with Gasteiger partial charge in [0.05, 0.1) is 6.54 Å². The van der Waals surface area contributed by atoms with E-state index in [4.69, 9.17) is 0 Å². The van der Waals surface area contributed by atoms with Gasteiger partial charge in [0.1, 0.15) is 22.4 Å². The Labute approximate surface area is 145 Å². The average Bonchev–Trinajstić information content (AvgIpc) is 2.83. The number of halogens is 1. The number of aryl methyl sites for hydroxylation is 2. The molecule has 0 amide bonds. The van der Waals surface area contributed by atoms with Crippen molar-refractivity contribution < 1.29 is 31.9 Å². The van der Waals surface area contributed by atoms with E-state index in [2.05, 4.69) is 15.4 Å². The molecule has 2 N–H and O–H groups in total. The predicted molar refractivity (Wildman–Crippen MR) is 84.9 cm³/mol. The van der Waals surface area contributed by atoms with E-state index in [1.807, 2.05) is 25.1 Å². The van der Waals surface area contributed by atoms with Gasteiger partial charge in [0.2, 0.25) is 5.69 Å². The molecule has 2 heterocycles. The van der Waals surface area contributed by atoms with Gasteiger partial charge >= 0.3 is 0 Å². The van der Waals surface area contributed by atoms with Crippen molar-refractivity contribution in [2.75, 3.05) is 0 Å². The maximum atomic E-state index is 10.5. The normalized spacial score (nSPS) is 13.6. The topological polar surface area (TPSA) is 49.3 Å². The molecule has 0 fully saturated rings. The summed E-state index contributed by atoms with van der Waals surface area (Å²) in [5, 5.41) is 21.0. The van der Waals surface area contributed by atoms with Gasteiger partial charge in [-0.05, 0) is 55.3 Å². The molecule has 1 aliphatic rings. The molecule has 120 valence electrons. The molecule has 0 bridgehead atoms. The fourth-order valence-electron chi connectivity index (χ4n) is 3.48. The van der Waals surface area contributed by atoms with E-state index in [9.17, 15) is 10.2 Å². The lowest BCUT2D eigenvalue weighted by atomic mass is 10.0. The molecule has 0 atom stereocenters. The van der Waals surface area contributed by atoms with Gasteiger partial charge in [-0.1, -0.05) is 0 Å². The first-order valence-corrected chi connectivity index (χ1v) is 7.70. The number of rotatable bonds is 1. The summed E-state index contributed by atoms with van der Waals surface area (Å²) in [5.41, 5.74) is 4.20. The van der Waals surface area contributed by atoms with Crippen LogP contribution in [0.5, 0.6) is 11.5 Å². The van der Waals surface area contributed by atoms with Crippen molar-refractivity contribution in [1.82, 2.24) is 4.68 Å². The van der Waals surface area contributed by atoms with Gasteiger partial charge in [-0.2, -0.15) is 4.68 Å². The lowest BCUT2D eigenvalue weighted by Crippen LogP contribution is -3.00. The number of benzene rings is 2. The Morgan fingerprint density at radius 2 is 1.78 bits per heavy atom. The van der Waals surface area contributed by atoms with Crippen LogP contribution in [0.15, 0.2) is 36.4 Å². The zero-order valence-electron chi connectivity index (χ0n) is 13.0. The highest BCUT2D eigenvalue weighted by atomic mass is 79.9. The van der Waals surface area contributed by atoms with Crippen LogP contribution in [-0.4, -0.2) is 14.9 Å². The van der Waals surface area contributed by atoms with E-state index >= 15 is 0 Å². The van der Waals surface area contributed by atoms with Gasteiger partial charge in [0.15, 0.2) is 6.54 Å². The van der Waals surface area contributed by atoms with Crippen LogP contribution in [0.4, 0.5) is 0 Å². The van der Waals surface area contributed by atoms with Crippen LogP contribution in [0.2, 0.25) is 0 Å². The van der Waals surface area contributed by atoms with Gasteiger partial charge in [-0.15, -0.1) is 4.68 Å². The summed E-state index contributed by atoms with van der Waals surface area (Å²) < 4.78 is 4.54. The Kier molecular flexibility index (Phi) is 4.06. The molecule has 0 saturated heterocycles. The molecule has 5 heteroatoms. The lowest BCUT2D eigenvalue weighted by molar-refractivity contribution is -0.770. The summed E-state index contributed by atoms with van der Waals surface area (Å²) in [7, 11) is 0. The minimum absolute atomic E-state index is 0. The third-order valence-corrected chi connectivity index (χ3v) is 4.44. The molecule has 4 rings (SSSR count). The lowest BCUT2D eigenvalue weighted by Gasteiger charge is -2.10. The minimum atomic E-state index is 0. The summed E-state index contributed by atoms with van der Waals surface area (Å²) in [6.07, 6.45) is 2.30. The Bertz CT molecular complexity index is 869. The van der Waals surface area contributed by atoms with Crippen LogP contribution in [0, 0.1) is 6.92 Å². The van der Waals surface area contributed by atoms with Crippen LogP contribution in [-0.2, 0) is 13.1 Å². The molecule has 0 unspecified atom stereocenters. The molecule has 4 nitrogen and oxygen atoms in total. The van der Waals surface area contributed by atoms with Crippen LogP contribution < -0.4 is 21.7 Å². The Balaban J connectivity index is 0.00000156. The minimum Gasteiger partial charge on any atom is -1.00 e. The molecule has 0 spiro atoms. The monoisotopic (exact) mass is 374 g/mol. The van der Waals surface area contributed by atoms with E-state index in [-0.39, 0.29) is 22.7 Å². The number of nitrogens with zero attached hydrogens (tertiary/aromatic N) is 2. The van der Waals surface area contributed by atoms with Crippen LogP contribution in [0.3, 0.4) is 0 Å². The number of aromatic hydroxyl groups is 2. The summed E-state index contributed by atoms with van der Waals surface area (Å²) >= 11 is 0. The van der Waals surface area contributed by atoms with Crippen LogP contribution in [0.25, 0.3) is 22.2 Å². The second kappa shape index (κ2) is 5.89. The van der Waals surface area contributed by atoms with E-state index in [1.165, 1.54) is 0 Å². The smallest absolute Gasteiger partial charge is 0.250 e. The molecular weight excluding hydrogens is 356 g/mol. The standard InChI is InChI=1S/C18H18N2O2.BrH/c1-12-10-15-17(16(22)11-12)18(13-4-6-14(21)7-5-13)20-9-3-2-8-19(15)20;/h4-7,10-11H,2-3,8-9H2,1H3,(H,21,22);1H. The Morgan fingerprint density at radius 3 is 2.52 bits per heavy atom. The highest BCUT2D eigenvalue weighted by Crippen LogP contribution is 2.35. The van der Waals surface area contributed by atoms with Gasteiger partial charge < -0.3 is 27.2 Å². The number of phenols is 2. The zero-order valence-corrected chi connectivity index (χ0v) is 14.5. The molecule has 0 aliphatic carbocycles. The predicted octanol–water partition coefficient (Wildman–Crippen LogP) is 0.113. The Hall–Kier alpha value is -2.01. The van der Waals surface area contributed by atoms with Crippen molar-refractivity contribution in [2.24, 2.45) is 0 Å². The molecule has 1 aliphatic heterocycles. The van der Waals surface area contributed by atoms with Crippen LogP contribution in [0.1, 0.15) is 18.4 Å². The molecule has 1 aromatic heterocycles. The summed E-state index contributed by atoms with van der Waals surface area (Å²) in [6.45, 7) is 3.92. The number of hydrogen-bond donors (Lipinski definition) is 2. The third-order valence-electron chi connectivity index (χ3n) is 4.44. The molecule has 0 radical (unpaired) electrons. The molecule has 3 aromatic rings. The maximum Gasteiger partial charge on any atom is 0.250 e. The van der Waals surface area contributed by atoms with E-state index in [0.717, 1.165) is 53.7 Å². The van der Waals surface area contributed by atoms with Gasteiger partial charge in [0, 0.05) is 12.0 Å². The second-order valence-corrected chi connectivity index (χ2v) is 6.03. The summed E-state index contributed by atoms with van der Waals surface area (Å²) in [6, 6.07) is 11.2. The summed E-state index contributed by atoms with van der Waals surface area (Å²) in [5.74, 6) is 0.582. The maximum absolute atomic E-state index is 10.5. The fraction of sp³-hybridized carbons (Fsp3) is 0.278. The van der Waals surface area contributed by atoms with E-state index < -0.39 is 0 Å². The first-order valence-electron chi connectivity index (χ1n) is 7.70. The SMILES string of the molecule is Cc1cc(O)c2c(-c3ccc(O)cc3)[n+]3n(c2c1)CCCC3.[Br-]. The van der Waals surface area contributed by atoms with Crippen molar-refractivity contribution in [2.45, 2.75) is 32.9 Å². The van der Waals surface area contributed by atoms with E-state index in [1.54, 1.807) is 12.1 Å². The van der Waals surface area contributed by atoms with Crippen molar-refractivity contribution >= 4 is 10.9 Å².